The van der Waals surface area contributed by atoms with Gasteiger partial charge in [-0.05, 0) is 36.4 Å². The van der Waals surface area contributed by atoms with Gasteiger partial charge in [-0.1, -0.05) is 0 Å². The van der Waals surface area contributed by atoms with Gasteiger partial charge in [0.1, 0.15) is 11.8 Å². The molecule has 0 aliphatic carbocycles. The Morgan fingerprint density at radius 3 is 2.67 bits per heavy atom. The normalized spacial score (nSPS) is 10.5. The second-order valence-corrected chi connectivity index (χ2v) is 5.23. The van der Waals surface area contributed by atoms with E-state index < -0.39 is 0 Å². The molecule has 1 aromatic carbocycles. The molecule has 4 rings (SSSR count). The Hall–Kier alpha value is -3.72. The van der Waals surface area contributed by atoms with Crippen LogP contribution in [-0.2, 0) is 0 Å². The molecule has 24 heavy (non-hydrogen) atoms. The highest BCUT2D eigenvalue weighted by Crippen LogP contribution is 2.29. The van der Waals surface area contributed by atoms with Crippen LogP contribution in [0.1, 0.15) is 5.56 Å². The molecule has 0 aliphatic heterocycles. The van der Waals surface area contributed by atoms with Crippen LogP contribution in [0.3, 0.4) is 0 Å². The fourth-order valence-corrected chi connectivity index (χ4v) is 2.57. The molecule has 6 nitrogen and oxygen atoms in total. The zero-order valence-electron chi connectivity index (χ0n) is 12.6. The first-order chi connectivity index (χ1) is 11.8. The number of aromatic nitrogens is 4. The van der Waals surface area contributed by atoms with E-state index in [9.17, 15) is 5.26 Å². The van der Waals surface area contributed by atoms with E-state index in [0.717, 1.165) is 33.5 Å². The lowest BCUT2D eigenvalue weighted by atomic mass is 10.1. The van der Waals surface area contributed by atoms with Crippen molar-refractivity contribution >= 4 is 22.3 Å². The summed E-state index contributed by atoms with van der Waals surface area (Å²) in [5, 5.41) is 20.9. The molecule has 0 radical (unpaired) electrons. The van der Waals surface area contributed by atoms with Crippen LogP contribution >= 0.6 is 0 Å². The lowest BCUT2D eigenvalue weighted by molar-refractivity contribution is 1.12. The van der Waals surface area contributed by atoms with Gasteiger partial charge in [0.15, 0.2) is 0 Å². The molecule has 0 atom stereocenters. The third kappa shape index (κ3) is 2.44. The Kier molecular flexibility index (Phi) is 3.37. The maximum Gasteiger partial charge on any atom is 0.103 e. The third-order valence-corrected chi connectivity index (χ3v) is 3.74. The maximum absolute atomic E-state index is 9.18. The zero-order valence-corrected chi connectivity index (χ0v) is 12.6. The molecule has 0 saturated carbocycles. The summed E-state index contributed by atoms with van der Waals surface area (Å²) in [6, 6.07) is 13.7. The quantitative estimate of drug-likeness (QED) is 0.603. The number of rotatable bonds is 3. The van der Waals surface area contributed by atoms with Gasteiger partial charge in [0.05, 0.1) is 16.8 Å². The lowest BCUT2D eigenvalue weighted by Crippen LogP contribution is -1.94. The Bertz CT molecular complexity index is 1050. The molecule has 2 N–H and O–H groups in total. The second kappa shape index (κ2) is 5.82. The average molecular weight is 312 g/mol. The Morgan fingerprint density at radius 2 is 1.83 bits per heavy atom. The number of aromatic amines is 1. The van der Waals surface area contributed by atoms with Crippen molar-refractivity contribution in [1.29, 1.82) is 5.26 Å². The highest BCUT2D eigenvalue weighted by molar-refractivity contribution is 5.95. The van der Waals surface area contributed by atoms with Gasteiger partial charge >= 0.3 is 0 Å². The summed E-state index contributed by atoms with van der Waals surface area (Å²) in [4.78, 5) is 8.01. The van der Waals surface area contributed by atoms with Gasteiger partial charge in [-0.2, -0.15) is 10.4 Å². The van der Waals surface area contributed by atoms with E-state index in [1.807, 2.05) is 30.3 Å². The van der Waals surface area contributed by atoms with Crippen LogP contribution in [0.15, 0.2) is 61.2 Å². The average Bonchev–Trinajstić information content (AvgIpc) is 3.06. The van der Waals surface area contributed by atoms with Crippen molar-refractivity contribution in [3.8, 4) is 17.3 Å². The van der Waals surface area contributed by atoms with Crippen molar-refractivity contribution in [2.45, 2.75) is 0 Å². The molecule has 4 aromatic rings. The van der Waals surface area contributed by atoms with Crippen LogP contribution in [0.25, 0.3) is 22.2 Å². The zero-order chi connectivity index (χ0) is 16.4. The van der Waals surface area contributed by atoms with Crippen molar-refractivity contribution in [3.63, 3.8) is 0 Å². The van der Waals surface area contributed by atoms with Crippen LogP contribution in [0.4, 0.5) is 11.4 Å². The van der Waals surface area contributed by atoms with Crippen LogP contribution in [0.5, 0.6) is 0 Å². The Morgan fingerprint density at radius 1 is 1.00 bits per heavy atom. The van der Waals surface area contributed by atoms with Crippen molar-refractivity contribution in [2.75, 3.05) is 5.32 Å². The first kappa shape index (κ1) is 13.9. The standard InChI is InChI=1S/C18H12N6/c19-10-13-11-21-8-5-16(13)22-14-1-2-17-15(9-14)18(24-23-17)12-3-6-20-7-4-12/h1-9,11H,(H,21,22)(H,23,24). The van der Waals surface area contributed by atoms with Gasteiger partial charge in [-0.15, -0.1) is 0 Å². The molecule has 114 valence electrons. The molecule has 0 spiro atoms. The minimum absolute atomic E-state index is 0.499. The van der Waals surface area contributed by atoms with Gasteiger partial charge in [-0.3, -0.25) is 15.1 Å². The number of hydrogen-bond donors (Lipinski definition) is 2. The van der Waals surface area contributed by atoms with Gasteiger partial charge < -0.3 is 5.32 Å². The summed E-state index contributed by atoms with van der Waals surface area (Å²) >= 11 is 0. The van der Waals surface area contributed by atoms with Crippen LogP contribution in [-0.4, -0.2) is 20.2 Å². The molecular weight excluding hydrogens is 300 g/mol. The van der Waals surface area contributed by atoms with E-state index in [2.05, 4.69) is 31.6 Å². The summed E-state index contributed by atoms with van der Waals surface area (Å²) in [6.45, 7) is 0. The SMILES string of the molecule is N#Cc1cnccc1Nc1ccc2[nH]nc(-c3ccncc3)c2c1. The Labute approximate surface area is 137 Å². The van der Waals surface area contributed by atoms with Crippen molar-refractivity contribution < 1.29 is 0 Å². The first-order valence-corrected chi connectivity index (χ1v) is 7.35. The molecule has 0 amide bonds. The van der Waals surface area contributed by atoms with Gasteiger partial charge in [0.25, 0.3) is 0 Å². The largest absolute Gasteiger partial charge is 0.354 e. The molecule has 0 bridgehead atoms. The van der Waals surface area contributed by atoms with Crippen LogP contribution in [0, 0.1) is 11.3 Å². The fraction of sp³-hybridized carbons (Fsp3) is 0. The van der Waals surface area contributed by atoms with E-state index in [4.69, 9.17) is 0 Å². The summed E-state index contributed by atoms with van der Waals surface area (Å²) < 4.78 is 0. The fourth-order valence-electron chi connectivity index (χ4n) is 2.57. The highest BCUT2D eigenvalue weighted by Gasteiger charge is 2.09. The second-order valence-electron chi connectivity index (χ2n) is 5.23. The van der Waals surface area contributed by atoms with Gasteiger partial charge in [0.2, 0.25) is 0 Å². The van der Waals surface area contributed by atoms with Gasteiger partial charge in [0, 0.05) is 41.4 Å². The number of benzene rings is 1. The first-order valence-electron chi connectivity index (χ1n) is 7.35. The molecule has 0 aliphatic rings. The van der Waals surface area contributed by atoms with Gasteiger partial charge in [-0.25, -0.2) is 0 Å². The predicted molar refractivity (Wildman–Crippen MR) is 91.6 cm³/mol. The minimum Gasteiger partial charge on any atom is -0.354 e. The van der Waals surface area contributed by atoms with Crippen molar-refractivity contribution in [2.24, 2.45) is 0 Å². The lowest BCUT2D eigenvalue weighted by Gasteiger charge is -2.08. The number of fused-ring (bicyclic) bond motifs is 1. The molecule has 6 heteroatoms. The van der Waals surface area contributed by atoms with E-state index in [1.54, 1.807) is 30.9 Å². The summed E-state index contributed by atoms with van der Waals surface area (Å²) in [5.41, 5.74) is 4.91. The van der Waals surface area contributed by atoms with E-state index in [-0.39, 0.29) is 0 Å². The molecule has 3 heterocycles. The minimum atomic E-state index is 0.499. The van der Waals surface area contributed by atoms with E-state index in [0.29, 0.717) is 5.56 Å². The topological polar surface area (TPSA) is 90.3 Å². The summed E-state index contributed by atoms with van der Waals surface area (Å²) in [7, 11) is 0. The highest BCUT2D eigenvalue weighted by atomic mass is 15.1. The predicted octanol–water partition coefficient (Wildman–Crippen LogP) is 3.64. The number of nitrogens with zero attached hydrogens (tertiary/aromatic N) is 4. The molecule has 0 fully saturated rings. The maximum atomic E-state index is 9.18. The van der Waals surface area contributed by atoms with E-state index >= 15 is 0 Å². The monoisotopic (exact) mass is 312 g/mol. The Balaban J connectivity index is 1.77. The van der Waals surface area contributed by atoms with Crippen LogP contribution < -0.4 is 5.32 Å². The summed E-state index contributed by atoms with van der Waals surface area (Å²) in [6.07, 6.45) is 6.69. The molecular formula is C18H12N6. The smallest absolute Gasteiger partial charge is 0.103 e. The number of pyridine rings is 2. The number of H-pyrrole nitrogens is 1. The van der Waals surface area contributed by atoms with Crippen molar-refractivity contribution in [3.05, 3.63) is 66.7 Å². The summed E-state index contributed by atoms with van der Waals surface area (Å²) in [5.74, 6) is 0. The molecule has 0 unspecified atom stereocenters. The number of anilines is 2. The molecule has 0 saturated heterocycles. The number of hydrogen-bond acceptors (Lipinski definition) is 5. The number of nitriles is 1. The third-order valence-electron chi connectivity index (χ3n) is 3.74. The molecule has 3 aromatic heterocycles. The van der Waals surface area contributed by atoms with Crippen molar-refractivity contribution in [1.82, 2.24) is 20.2 Å². The number of nitrogens with one attached hydrogen (secondary N) is 2. The van der Waals surface area contributed by atoms with Crippen LogP contribution in [0.2, 0.25) is 0 Å². The van der Waals surface area contributed by atoms with E-state index in [1.165, 1.54) is 0 Å².